The summed E-state index contributed by atoms with van der Waals surface area (Å²) in [4.78, 5) is 0. The van der Waals surface area contributed by atoms with Crippen molar-refractivity contribution in [2.45, 2.75) is 27.3 Å². The minimum absolute atomic E-state index is 0.255. The summed E-state index contributed by atoms with van der Waals surface area (Å²) in [6.45, 7) is 7.42. The molecule has 0 aliphatic heterocycles. The van der Waals surface area contributed by atoms with Gasteiger partial charge in [0, 0.05) is 5.56 Å². The van der Waals surface area contributed by atoms with Crippen molar-refractivity contribution in [3.63, 3.8) is 0 Å². The van der Waals surface area contributed by atoms with E-state index in [0.29, 0.717) is 29.5 Å². The summed E-state index contributed by atoms with van der Waals surface area (Å²) in [7, 11) is 0. The molecule has 0 aliphatic rings. The van der Waals surface area contributed by atoms with E-state index < -0.39 is 0 Å². The highest BCUT2D eigenvalue weighted by Crippen LogP contribution is 2.16. The van der Waals surface area contributed by atoms with Crippen LogP contribution in [-0.4, -0.2) is 26.8 Å². The minimum atomic E-state index is -0.255. The van der Waals surface area contributed by atoms with Crippen LogP contribution in [0.5, 0.6) is 0 Å². The molecule has 0 saturated heterocycles. The van der Waals surface area contributed by atoms with Gasteiger partial charge >= 0.3 is 0 Å². The van der Waals surface area contributed by atoms with E-state index in [2.05, 4.69) is 34.7 Å². The Hall–Kier alpha value is -1.82. The van der Waals surface area contributed by atoms with Gasteiger partial charge in [-0.2, -0.15) is 4.68 Å². The van der Waals surface area contributed by atoms with Gasteiger partial charge in [0.25, 0.3) is 0 Å². The fourth-order valence-corrected chi connectivity index (χ4v) is 1.80. The van der Waals surface area contributed by atoms with E-state index in [0.717, 1.165) is 6.54 Å². The Morgan fingerprint density at radius 1 is 1.37 bits per heavy atom. The summed E-state index contributed by atoms with van der Waals surface area (Å²) in [6, 6.07) is 4.89. The molecule has 2 aromatic rings. The van der Waals surface area contributed by atoms with E-state index in [9.17, 15) is 4.39 Å². The first-order valence-electron chi connectivity index (χ1n) is 6.33. The van der Waals surface area contributed by atoms with Gasteiger partial charge in [-0.3, -0.25) is 0 Å². The van der Waals surface area contributed by atoms with Gasteiger partial charge in [0.1, 0.15) is 5.82 Å². The molecule has 1 aromatic heterocycles. The average Bonchev–Trinajstić information content (AvgIpc) is 2.80. The number of aromatic nitrogens is 4. The summed E-state index contributed by atoms with van der Waals surface area (Å²) in [6.07, 6.45) is 0. The zero-order valence-electron chi connectivity index (χ0n) is 11.4. The van der Waals surface area contributed by atoms with Gasteiger partial charge in [-0.15, -0.1) is 5.10 Å². The standard InChI is InChI=1S/C13H18FN5/c1-9(2)7-15-8-13-16-17-18-19(13)12-6-4-5-11(14)10(12)3/h4-6,9,15H,7-8H2,1-3H3. The first-order valence-corrected chi connectivity index (χ1v) is 6.33. The molecule has 0 saturated carbocycles. The number of nitrogens with one attached hydrogen (secondary N) is 1. The lowest BCUT2D eigenvalue weighted by molar-refractivity contribution is 0.537. The van der Waals surface area contributed by atoms with E-state index in [1.807, 2.05) is 0 Å². The SMILES string of the molecule is Cc1c(F)cccc1-n1nnnc1CNCC(C)C. The first-order chi connectivity index (χ1) is 9.09. The van der Waals surface area contributed by atoms with Gasteiger partial charge in [-0.25, -0.2) is 4.39 Å². The summed E-state index contributed by atoms with van der Waals surface area (Å²) in [5.41, 5.74) is 1.21. The zero-order valence-corrected chi connectivity index (χ0v) is 11.4. The van der Waals surface area contributed by atoms with Gasteiger partial charge in [0.05, 0.1) is 12.2 Å². The van der Waals surface area contributed by atoms with Gasteiger partial charge < -0.3 is 5.32 Å². The Balaban J connectivity index is 2.21. The molecule has 0 bridgehead atoms. The molecule has 1 N–H and O–H groups in total. The summed E-state index contributed by atoms with van der Waals surface area (Å²) in [5, 5.41) is 14.9. The smallest absolute Gasteiger partial charge is 0.170 e. The van der Waals surface area contributed by atoms with Crippen LogP contribution >= 0.6 is 0 Å². The first kappa shape index (κ1) is 13.6. The van der Waals surface area contributed by atoms with Crippen molar-refractivity contribution >= 4 is 0 Å². The second kappa shape index (κ2) is 5.88. The maximum atomic E-state index is 13.6. The normalized spacial score (nSPS) is 11.2. The highest BCUT2D eigenvalue weighted by molar-refractivity contribution is 5.40. The maximum Gasteiger partial charge on any atom is 0.170 e. The number of hydrogen-bond donors (Lipinski definition) is 1. The third-order valence-electron chi connectivity index (χ3n) is 2.84. The van der Waals surface area contributed by atoms with Crippen LogP contribution in [0.15, 0.2) is 18.2 Å². The Morgan fingerprint density at radius 2 is 2.16 bits per heavy atom. The van der Waals surface area contributed by atoms with Crippen molar-refractivity contribution in [1.29, 1.82) is 0 Å². The molecular formula is C13H18FN5. The lowest BCUT2D eigenvalue weighted by atomic mass is 10.2. The lowest BCUT2D eigenvalue weighted by Crippen LogP contribution is -2.21. The molecule has 0 atom stereocenters. The molecule has 6 heteroatoms. The van der Waals surface area contributed by atoms with Crippen LogP contribution in [0.25, 0.3) is 5.69 Å². The van der Waals surface area contributed by atoms with E-state index in [1.54, 1.807) is 23.7 Å². The van der Waals surface area contributed by atoms with Gasteiger partial charge in [-0.1, -0.05) is 19.9 Å². The molecule has 19 heavy (non-hydrogen) atoms. The molecule has 1 aromatic carbocycles. The predicted molar refractivity (Wildman–Crippen MR) is 70.4 cm³/mol. The molecule has 2 rings (SSSR count). The molecule has 0 aliphatic carbocycles. The fourth-order valence-electron chi connectivity index (χ4n) is 1.80. The number of tetrazole rings is 1. The number of hydrogen-bond acceptors (Lipinski definition) is 4. The van der Waals surface area contributed by atoms with Crippen LogP contribution in [0.3, 0.4) is 0 Å². The zero-order chi connectivity index (χ0) is 13.8. The molecule has 102 valence electrons. The van der Waals surface area contributed by atoms with Crippen LogP contribution < -0.4 is 5.32 Å². The van der Waals surface area contributed by atoms with Crippen LogP contribution in [0, 0.1) is 18.7 Å². The largest absolute Gasteiger partial charge is 0.310 e. The van der Waals surface area contributed by atoms with Crippen molar-refractivity contribution < 1.29 is 4.39 Å². The molecule has 0 radical (unpaired) electrons. The van der Waals surface area contributed by atoms with E-state index in [1.165, 1.54) is 6.07 Å². The Kier molecular flexibility index (Phi) is 4.21. The minimum Gasteiger partial charge on any atom is -0.310 e. The Labute approximate surface area is 111 Å². The van der Waals surface area contributed by atoms with E-state index in [4.69, 9.17) is 0 Å². The van der Waals surface area contributed by atoms with Crippen LogP contribution in [-0.2, 0) is 6.54 Å². The quantitative estimate of drug-likeness (QED) is 0.894. The number of rotatable bonds is 5. The highest BCUT2D eigenvalue weighted by atomic mass is 19.1. The fraction of sp³-hybridized carbons (Fsp3) is 0.462. The Morgan fingerprint density at radius 3 is 2.89 bits per heavy atom. The van der Waals surface area contributed by atoms with E-state index >= 15 is 0 Å². The molecule has 0 unspecified atom stereocenters. The summed E-state index contributed by atoms with van der Waals surface area (Å²) >= 11 is 0. The maximum absolute atomic E-state index is 13.6. The summed E-state index contributed by atoms with van der Waals surface area (Å²) < 4.78 is 15.1. The van der Waals surface area contributed by atoms with Crippen molar-refractivity contribution in [1.82, 2.24) is 25.5 Å². The lowest BCUT2D eigenvalue weighted by Gasteiger charge is -2.10. The third kappa shape index (κ3) is 3.14. The predicted octanol–water partition coefficient (Wildman–Crippen LogP) is 1.86. The number of benzene rings is 1. The third-order valence-corrected chi connectivity index (χ3v) is 2.84. The van der Waals surface area contributed by atoms with Crippen molar-refractivity contribution in [3.05, 3.63) is 35.4 Å². The van der Waals surface area contributed by atoms with Gasteiger partial charge in [-0.05, 0) is 41.9 Å². The van der Waals surface area contributed by atoms with Gasteiger partial charge in [0.15, 0.2) is 5.82 Å². The monoisotopic (exact) mass is 263 g/mol. The molecule has 0 fully saturated rings. The molecule has 5 nitrogen and oxygen atoms in total. The second-order valence-electron chi connectivity index (χ2n) is 4.92. The highest BCUT2D eigenvalue weighted by Gasteiger charge is 2.12. The van der Waals surface area contributed by atoms with E-state index in [-0.39, 0.29) is 5.82 Å². The van der Waals surface area contributed by atoms with Crippen molar-refractivity contribution in [3.8, 4) is 5.69 Å². The van der Waals surface area contributed by atoms with Crippen LogP contribution in [0.1, 0.15) is 25.2 Å². The summed E-state index contributed by atoms with van der Waals surface area (Å²) in [5.74, 6) is 0.976. The molecule has 1 heterocycles. The topological polar surface area (TPSA) is 55.6 Å². The average molecular weight is 263 g/mol. The van der Waals surface area contributed by atoms with Gasteiger partial charge in [0.2, 0.25) is 0 Å². The Bertz CT molecular complexity index is 550. The van der Waals surface area contributed by atoms with Crippen LogP contribution in [0.2, 0.25) is 0 Å². The van der Waals surface area contributed by atoms with Crippen molar-refractivity contribution in [2.24, 2.45) is 5.92 Å². The second-order valence-corrected chi connectivity index (χ2v) is 4.92. The molecule has 0 amide bonds. The number of halogens is 1. The number of nitrogens with zero attached hydrogens (tertiary/aromatic N) is 4. The van der Waals surface area contributed by atoms with Crippen molar-refractivity contribution in [2.75, 3.05) is 6.54 Å². The molecule has 0 spiro atoms. The van der Waals surface area contributed by atoms with Crippen LogP contribution in [0.4, 0.5) is 4.39 Å². The molecular weight excluding hydrogens is 245 g/mol.